The third-order valence-corrected chi connectivity index (χ3v) is 4.27. The van der Waals surface area contributed by atoms with Gasteiger partial charge in [0.1, 0.15) is 5.69 Å². The van der Waals surface area contributed by atoms with Gasteiger partial charge in [-0.25, -0.2) is 0 Å². The van der Waals surface area contributed by atoms with Crippen LogP contribution in [0.2, 0.25) is 0 Å². The molecule has 1 amide bonds. The Bertz CT molecular complexity index is 440. The van der Waals surface area contributed by atoms with Gasteiger partial charge in [-0.2, -0.15) is 0 Å². The van der Waals surface area contributed by atoms with Crippen LogP contribution in [0.15, 0.2) is 12.1 Å². The van der Waals surface area contributed by atoms with Gasteiger partial charge in [-0.3, -0.25) is 4.79 Å². The lowest BCUT2D eigenvalue weighted by Gasteiger charge is -2.18. The van der Waals surface area contributed by atoms with E-state index < -0.39 is 0 Å². The lowest BCUT2D eigenvalue weighted by Crippen LogP contribution is -2.33. The summed E-state index contributed by atoms with van der Waals surface area (Å²) >= 11 is 0. The fraction of sp³-hybridized carbons (Fsp3) is 0.615. The van der Waals surface area contributed by atoms with Crippen molar-refractivity contribution < 1.29 is 4.79 Å². The number of likely N-dealkylation sites (tertiary alicyclic amines) is 1. The van der Waals surface area contributed by atoms with E-state index in [1.165, 1.54) is 0 Å². The summed E-state index contributed by atoms with van der Waals surface area (Å²) in [4.78, 5) is 14.4. The van der Waals surface area contributed by atoms with Crippen LogP contribution in [0.3, 0.4) is 0 Å². The minimum atomic E-state index is 0.190. The van der Waals surface area contributed by atoms with Crippen LogP contribution in [-0.2, 0) is 7.05 Å². The highest BCUT2D eigenvalue weighted by Crippen LogP contribution is 2.27. The van der Waals surface area contributed by atoms with E-state index in [9.17, 15) is 4.79 Å². The average Bonchev–Trinajstić information content (AvgIpc) is 2.94. The van der Waals surface area contributed by atoms with Crippen molar-refractivity contribution in [3.05, 3.63) is 23.5 Å². The van der Waals surface area contributed by atoms with Crippen LogP contribution in [0.5, 0.6) is 0 Å². The Morgan fingerprint density at radius 2 is 1.94 bits per heavy atom. The summed E-state index contributed by atoms with van der Waals surface area (Å²) in [6.45, 7) is 6.00. The van der Waals surface area contributed by atoms with Crippen molar-refractivity contribution in [3.63, 3.8) is 0 Å². The summed E-state index contributed by atoms with van der Waals surface area (Å²) in [6.07, 6.45) is 0. The molecule has 0 unspecified atom stereocenters. The summed E-state index contributed by atoms with van der Waals surface area (Å²) < 4.78 is 1.98. The predicted octanol–water partition coefficient (Wildman–Crippen LogP) is 0.625. The number of rotatable bonds is 1. The zero-order valence-electron chi connectivity index (χ0n) is 10.4. The molecule has 17 heavy (non-hydrogen) atoms. The molecule has 3 heterocycles. The SMILES string of the molecule is Cc1ccc(C(=O)N2C[C@H]3CNC[C@H]3C2)n1C. The minimum Gasteiger partial charge on any atom is -0.344 e. The number of carbonyl (C=O) groups is 1. The van der Waals surface area contributed by atoms with E-state index in [-0.39, 0.29) is 5.91 Å². The summed E-state index contributed by atoms with van der Waals surface area (Å²) in [7, 11) is 1.96. The highest BCUT2D eigenvalue weighted by atomic mass is 16.2. The van der Waals surface area contributed by atoms with Gasteiger partial charge in [0.15, 0.2) is 0 Å². The second-order valence-corrected chi connectivity index (χ2v) is 5.31. The molecule has 2 fully saturated rings. The van der Waals surface area contributed by atoms with Gasteiger partial charge in [0, 0.05) is 38.9 Å². The molecular weight excluding hydrogens is 214 g/mol. The van der Waals surface area contributed by atoms with Gasteiger partial charge in [0.05, 0.1) is 0 Å². The van der Waals surface area contributed by atoms with Gasteiger partial charge in [-0.15, -0.1) is 0 Å². The Morgan fingerprint density at radius 3 is 2.47 bits per heavy atom. The van der Waals surface area contributed by atoms with Gasteiger partial charge >= 0.3 is 0 Å². The molecule has 0 bridgehead atoms. The van der Waals surface area contributed by atoms with Crippen molar-refractivity contribution >= 4 is 5.91 Å². The number of nitrogens with zero attached hydrogens (tertiary/aromatic N) is 2. The molecule has 0 aromatic carbocycles. The van der Waals surface area contributed by atoms with E-state index in [0.29, 0.717) is 11.8 Å². The molecule has 0 aliphatic carbocycles. The molecular formula is C13H19N3O. The zero-order valence-corrected chi connectivity index (χ0v) is 10.4. The Labute approximate surface area is 102 Å². The molecule has 2 aliphatic heterocycles. The second kappa shape index (κ2) is 3.88. The number of amides is 1. The van der Waals surface area contributed by atoms with Crippen LogP contribution in [0.1, 0.15) is 16.2 Å². The first kappa shape index (κ1) is 10.8. The number of nitrogens with one attached hydrogen (secondary N) is 1. The summed E-state index contributed by atoms with van der Waals surface area (Å²) in [6, 6.07) is 3.94. The quantitative estimate of drug-likeness (QED) is 0.772. The normalized spacial score (nSPS) is 27.5. The van der Waals surface area contributed by atoms with Crippen molar-refractivity contribution in [2.24, 2.45) is 18.9 Å². The lowest BCUT2D eigenvalue weighted by atomic mass is 10.0. The van der Waals surface area contributed by atoms with Crippen molar-refractivity contribution in [2.45, 2.75) is 6.92 Å². The minimum absolute atomic E-state index is 0.190. The Hall–Kier alpha value is -1.29. The van der Waals surface area contributed by atoms with E-state index in [1.807, 2.05) is 35.6 Å². The van der Waals surface area contributed by atoms with Crippen LogP contribution in [0, 0.1) is 18.8 Å². The standard InChI is InChI=1S/C13H19N3O/c1-9-3-4-12(15(9)2)13(17)16-7-10-5-14-6-11(10)8-16/h3-4,10-11,14H,5-8H2,1-2H3/t10-,11+. The van der Waals surface area contributed by atoms with Gasteiger partial charge in [0.2, 0.25) is 0 Å². The number of carbonyl (C=O) groups excluding carboxylic acids is 1. The molecule has 1 N–H and O–H groups in total. The fourth-order valence-electron chi connectivity index (χ4n) is 3.01. The molecule has 1 aromatic heterocycles. The molecule has 4 nitrogen and oxygen atoms in total. The molecule has 92 valence electrons. The third-order valence-electron chi connectivity index (χ3n) is 4.27. The van der Waals surface area contributed by atoms with E-state index in [0.717, 1.165) is 37.6 Å². The van der Waals surface area contributed by atoms with E-state index in [4.69, 9.17) is 0 Å². The maximum Gasteiger partial charge on any atom is 0.270 e. The third kappa shape index (κ3) is 1.67. The van der Waals surface area contributed by atoms with Crippen LogP contribution in [0.25, 0.3) is 0 Å². The number of hydrogen-bond donors (Lipinski definition) is 1. The number of hydrogen-bond acceptors (Lipinski definition) is 2. The molecule has 2 saturated heterocycles. The first-order valence-electron chi connectivity index (χ1n) is 6.29. The molecule has 4 heteroatoms. The van der Waals surface area contributed by atoms with Crippen LogP contribution in [0.4, 0.5) is 0 Å². The van der Waals surface area contributed by atoms with Gasteiger partial charge in [-0.05, 0) is 30.9 Å². The summed E-state index contributed by atoms with van der Waals surface area (Å²) in [5, 5.41) is 3.40. The largest absolute Gasteiger partial charge is 0.344 e. The van der Waals surface area contributed by atoms with Crippen LogP contribution in [-0.4, -0.2) is 41.6 Å². The maximum atomic E-state index is 12.4. The summed E-state index contributed by atoms with van der Waals surface area (Å²) in [5.41, 5.74) is 1.95. The molecule has 0 radical (unpaired) electrons. The first-order valence-corrected chi connectivity index (χ1v) is 6.29. The van der Waals surface area contributed by atoms with Crippen molar-refractivity contribution in [1.82, 2.24) is 14.8 Å². The Balaban J connectivity index is 1.78. The van der Waals surface area contributed by atoms with Crippen LogP contribution < -0.4 is 5.32 Å². The highest BCUT2D eigenvalue weighted by Gasteiger charge is 2.38. The Kier molecular flexibility index (Phi) is 2.47. The molecule has 0 spiro atoms. The molecule has 3 rings (SSSR count). The maximum absolute atomic E-state index is 12.4. The molecule has 2 aliphatic rings. The predicted molar refractivity (Wildman–Crippen MR) is 65.9 cm³/mol. The van der Waals surface area contributed by atoms with Gasteiger partial charge in [0.25, 0.3) is 5.91 Å². The van der Waals surface area contributed by atoms with Crippen molar-refractivity contribution in [1.29, 1.82) is 0 Å². The first-order chi connectivity index (χ1) is 8.16. The monoisotopic (exact) mass is 233 g/mol. The van der Waals surface area contributed by atoms with Crippen molar-refractivity contribution in [3.8, 4) is 0 Å². The second-order valence-electron chi connectivity index (χ2n) is 5.31. The molecule has 1 aromatic rings. The van der Waals surface area contributed by atoms with Gasteiger partial charge < -0.3 is 14.8 Å². The highest BCUT2D eigenvalue weighted by molar-refractivity contribution is 5.93. The Morgan fingerprint density at radius 1 is 1.29 bits per heavy atom. The lowest BCUT2D eigenvalue weighted by molar-refractivity contribution is 0.0772. The number of fused-ring (bicyclic) bond motifs is 1. The fourth-order valence-corrected chi connectivity index (χ4v) is 3.01. The number of aromatic nitrogens is 1. The van der Waals surface area contributed by atoms with E-state index in [1.54, 1.807) is 0 Å². The zero-order chi connectivity index (χ0) is 12.0. The number of aryl methyl sites for hydroxylation is 1. The van der Waals surface area contributed by atoms with E-state index >= 15 is 0 Å². The molecule has 2 atom stereocenters. The topological polar surface area (TPSA) is 37.3 Å². The van der Waals surface area contributed by atoms with Gasteiger partial charge in [-0.1, -0.05) is 0 Å². The van der Waals surface area contributed by atoms with Crippen LogP contribution >= 0.6 is 0 Å². The smallest absolute Gasteiger partial charge is 0.270 e. The van der Waals surface area contributed by atoms with E-state index in [2.05, 4.69) is 5.32 Å². The summed E-state index contributed by atoms with van der Waals surface area (Å²) in [5.74, 6) is 1.52. The molecule has 0 saturated carbocycles. The average molecular weight is 233 g/mol. The van der Waals surface area contributed by atoms with Crippen molar-refractivity contribution in [2.75, 3.05) is 26.2 Å².